The lowest BCUT2D eigenvalue weighted by Crippen LogP contribution is -2.30. The highest BCUT2D eigenvalue weighted by Gasteiger charge is 2.06. The molecule has 0 aliphatic heterocycles. The Bertz CT molecular complexity index is 578. The van der Waals surface area contributed by atoms with Crippen LogP contribution in [-0.4, -0.2) is 5.11 Å². The number of halogens is 1. The Morgan fingerprint density at radius 3 is 2.25 bits per heavy atom. The van der Waals surface area contributed by atoms with Crippen molar-refractivity contribution in [3.8, 4) is 0 Å². The molecule has 2 aromatic carbocycles. The molecule has 0 unspecified atom stereocenters. The molecule has 2 N–H and O–H groups in total. The molecule has 2 aromatic rings. The third-order valence-corrected chi connectivity index (χ3v) is 3.78. The molecule has 4 heteroatoms. The summed E-state index contributed by atoms with van der Waals surface area (Å²) in [5, 5.41) is 7.10. The second kappa shape index (κ2) is 6.86. The van der Waals surface area contributed by atoms with E-state index in [9.17, 15) is 0 Å². The van der Waals surface area contributed by atoms with Crippen LogP contribution in [-0.2, 0) is 0 Å². The molecule has 0 amide bonds. The van der Waals surface area contributed by atoms with Crippen LogP contribution in [0, 0.1) is 6.92 Å². The SMILES string of the molecule is Cc1ccc(NC(=S)N[C@@H](C)c2ccc(Br)cc2)cc1. The van der Waals surface area contributed by atoms with Gasteiger partial charge < -0.3 is 10.6 Å². The normalized spacial score (nSPS) is 11.8. The van der Waals surface area contributed by atoms with Crippen molar-refractivity contribution in [2.75, 3.05) is 5.32 Å². The van der Waals surface area contributed by atoms with Crippen molar-refractivity contribution in [1.29, 1.82) is 0 Å². The van der Waals surface area contributed by atoms with Crippen molar-refractivity contribution in [1.82, 2.24) is 5.32 Å². The highest BCUT2D eigenvalue weighted by atomic mass is 79.9. The zero-order valence-electron chi connectivity index (χ0n) is 11.5. The summed E-state index contributed by atoms with van der Waals surface area (Å²) < 4.78 is 1.08. The van der Waals surface area contributed by atoms with Gasteiger partial charge in [-0.15, -0.1) is 0 Å². The molecule has 0 heterocycles. The van der Waals surface area contributed by atoms with Crippen molar-refractivity contribution in [3.63, 3.8) is 0 Å². The van der Waals surface area contributed by atoms with Gasteiger partial charge in [-0.25, -0.2) is 0 Å². The molecule has 20 heavy (non-hydrogen) atoms. The maximum absolute atomic E-state index is 5.34. The third kappa shape index (κ3) is 4.32. The molecule has 1 atom stereocenters. The number of hydrogen-bond acceptors (Lipinski definition) is 1. The number of benzene rings is 2. The molecule has 104 valence electrons. The summed E-state index contributed by atoms with van der Waals surface area (Å²) in [5.74, 6) is 0. The van der Waals surface area contributed by atoms with E-state index < -0.39 is 0 Å². The predicted octanol–water partition coefficient (Wildman–Crippen LogP) is 4.81. The van der Waals surface area contributed by atoms with Crippen molar-refractivity contribution >= 4 is 38.9 Å². The van der Waals surface area contributed by atoms with E-state index in [1.54, 1.807) is 0 Å². The zero-order chi connectivity index (χ0) is 14.5. The van der Waals surface area contributed by atoms with Crippen LogP contribution in [0.3, 0.4) is 0 Å². The first-order chi connectivity index (χ1) is 9.54. The molecule has 0 saturated heterocycles. The molecule has 0 aliphatic rings. The van der Waals surface area contributed by atoms with E-state index >= 15 is 0 Å². The lowest BCUT2D eigenvalue weighted by atomic mass is 10.1. The van der Waals surface area contributed by atoms with Gasteiger partial charge in [0.25, 0.3) is 0 Å². The van der Waals surface area contributed by atoms with Gasteiger partial charge in [-0.1, -0.05) is 45.8 Å². The summed E-state index contributed by atoms with van der Waals surface area (Å²) in [6.07, 6.45) is 0. The van der Waals surface area contributed by atoms with Gasteiger partial charge in [0.05, 0.1) is 6.04 Å². The Morgan fingerprint density at radius 2 is 1.65 bits per heavy atom. The highest BCUT2D eigenvalue weighted by molar-refractivity contribution is 9.10. The van der Waals surface area contributed by atoms with E-state index in [4.69, 9.17) is 12.2 Å². The summed E-state index contributed by atoms with van der Waals surface area (Å²) in [6, 6.07) is 16.5. The molecular weight excluding hydrogens is 332 g/mol. The van der Waals surface area contributed by atoms with Gasteiger partial charge in [0.15, 0.2) is 5.11 Å². The average molecular weight is 349 g/mol. The third-order valence-electron chi connectivity index (χ3n) is 3.03. The number of anilines is 1. The minimum atomic E-state index is 0.161. The van der Waals surface area contributed by atoms with Crippen LogP contribution in [0.25, 0.3) is 0 Å². The molecule has 0 aromatic heterocycles. The van der Waals surface area contributed by atoms with Crippen LogP contribution in [0.4, 0.5) is 5.69 Å². The Hall–Kier alpha value is -1.39. The molecule has 0 fully saturated rings. The second-order valence-electron chi connectivity index (χ2n) is 4.74. The van der Waals surface area contributed by atoms with Crippen LogP contribution in [0.15, 0.2) is 53.0 Å². The second-order valence-corrected chi connectivity index (χ2v) is 6.06. The summed E-state index contributed by atoms with van der Waals surface area (Å²) in [4.78, 5) is 0. The highest BCUT2D eigenvalue weighted by Crippen LogP contribution is 2.17. The van der Waals surface area contributed by atoms with Crippen LogP contribution < -0.4 is 10.6 Å². The van der Waals surface area contributed by atoms with Crippen molar-refractivity contribution < 1.29 is 0 Å². The number of hydrogen-bond donors (Lipinski definition) is 2. The van der Waals surface area contributed by atoms with E-state index in [0.717, 1.165) is 10.2 Å². The van der Waals surface area contributed by atoms with E-state index in [-0.39, 0.29) is 6.04 Å². The maximum Gasteiger partial charge on any atom is 0.171 e. The van der Waals surface area contributed by atoms with Crippen molar-refractivity contribution in [3.05, 3.63) is 64.1 Å². The number of nitrogens with one attached hydrogen (secondary N) is 2. The summed E-state index contributed by atoms with van der Waals surface area (Å²) in [7, 11) is 0. The quantitative estimate of drug-likeness (QED) is 0.778. The van der Waals surface area contributed by atoms with E-state index in [2.05, 4.69) is 64.7 Å². The largest absolute Gasteiger partial charge is 0.356 e. The molecule has 2 rings (SSSR count). The number of thiocarbonyl (C=S) groups is 1. The van der Waals surface area contributed by atoms with Crippen LogP contribution >= 0.6 is 28.1 Å². The number of rotatable bonds is 3. The first kappa shape index (κ1) is 15.0. The van der Waals surface area contributed by atoms with Crippen molar-refractivity contribution in [2.24, 2.45) is 0 Å². The van der Waals surface area contributed by atoms with Crippen molar-refractivity contribution in [2.45, 2.75) is 19.9 Å². The minimum absolute atomic E-state index is 0.161. The topological polar surface area (TPSA) is 24.1 Å². The molecule has 2 nitrogen and oxygen atoms in total. The fraction of sp³-hybridized carbons (Fsp3) is 0.188. The first-order valence-electron chi connectivity index (χ1n) is 6.44. The fourth-order valence-electron chi connectivity index (χ4n) is 1.84. The molecule has 0 radical (unpaired) electrons. The van der Waals surface area contributed by atoms with Gasteiger partial charge in [-0.2, -0.15) is 0 Å². The van der Waals surface area contributed by atoms with Gasteiger partial charge in [-0.05, 0) is 55.9 Å². The minimum Gasteiger partial charge on any atom is -0.356 e. The van der Waals surface area contributed by atoms with Gasteiger partial charge >= 0.3 is 0 Å². The monoisotopic (exact) mass is 348 g/mol. The van der Waals surface area contributed by atoms with E-state index in [1.807, 2.05) is 24.3 Å². The average Bonchev–Trinajstić information content (AvgIpc) is 2.42. The molecular formula is C16H17BrN2S. The Kier molecular flexibility index (Phi) is 5.15. The van der Waals surface area contributed by atoms with E-state index in [0.29, 0.717) is 5.11 Å². The standard InChI is InChI=1S/C16H17BrN2S/c1-11-3-9-15(10-4-11)19-16(20)18-12(2)13-5-7-14(17)8-6-13/h3-10,12H,1-2H3,(H2,18,19,20)/t12-/m0/s1. The zero-order valence-corrected chi connectivity index (χ0v) is 13.9. The lowest BCUT2D eigenvalue weighted by Gasteiger charge is -2.17. The predicted molar refractivity (Wildman–Crippen MR) is 93.1 cm³/mol. The summed E-state index contributed by atoms with van der Waals surface area (Å²) in [5.41, 5.74) is 3.43. The molecule has 0 bridgehead atoms. The van der Waals surface area contributed by atoms with Gasteiger partial charge in [0.2, 0.25) is 0 Å². The van der Waals surface area contributed by atoms with Crippen LogP contribution in [0.2, 0.25) is 0 Å². The smallest absolute Gasteiger partial charge is 0.171 e. The summed E-state index contributed by atoms with van der Waals surface area (Å²) >= 11 is 8.78. The summed E-state index contributed by atoms with van der Waals surface area (Å²) in [6.45, 7) is 4.16. The van der Waals surface area contributed by atoms with Gasteiger partial charge in [0, 0.05) is 10.2 Å². The van der Waals surface area contributed by atoms with Crippen LogP contribution in [0.5, 0.6) is 0 Å². The Balaban J connectivity index is 1.93. The maximum atomic E-state index is 5.34. The van der Waals surface area contributed by atoms with Crippen LogP contribution in [0.1, 0.15) is 24.1 Å². The molecule has 0 spiro atoms. The first-order valence-corrected chi connectivity index (χ1v) is 7.64. The van der Waals surface area contributed by atoms with Gasteiger partial charge in [-0.3, -0.25) is 0 Å². The fourth-order valence-corrected chi connectivity index (χ4v) is 2.39. The number of aryl methyl sites for hydroxylation is 1. The lowest BCUT2D eigenvalue weighted by molar-refractivity contribution is 0.722. The molecule has 0 saturated carbocycles. The van der Waals surface area contributed by atoms with Gasteiger partial charge in [0.1, 0.15) is 0 Å². The molecule has 0 aliphatic carbocycles. The van der Waals surface area contributed by atoms with E-state index in [1.165, 1.54) is 11.1 Å². The Morgan fingerprint density at radius 1 is 1.05 bits per heavy atom. The Labute approximate surface area is 133 Å².